The topological polar surface area (TPSA) is 104 Å². The molecule has 0 saturated carbocycles. The highest BCUT2D eigenvalue weighted by atomic mass is 127. The van der Waals surface area contributed by atoms with Gasteiger partial charge in [-0.05, 0) is 31.5 Å². The Labute approximate surface area is 203 Å². The van der Waals surface area contributed by atoms with Crippen LogP contribution in [0.1, 0.15) is 19.4 Å². The van der Waals surface area contributed by atoms with Gasteiger partial charge in [-0.25, -0.2) is 13.1 Å². The minimum absolute atomic E-state index is 0. The first-order valence-corrected chi connectivity index (χ1v) is 11.6. The highest BCUT2D eigenvalue weighted by molar-refractivity contribution is 14.0. The van der Waals surface area contributed by atoms with Gasteiger partial charge in [0.2, 0.25) is 10.0 Å². The highest BCUT2D eigenvalue weighted by Crippen LogP contribution is 2.15. The van der Waals surface area contributed by atoms with Crippen molar-refractivity contribution in [3.63, 3.8) is 0 Å². The molecular weight excluding hydrogens is 533 g/mol. The highest BCUT2D eigenvalue weighted by Gasteiger charge is 2.28. The first kappa shape index (κ1) is 28.0. The van der Waals surface area contributed by atoms with Crippen LogP contribution in [0.4, 0.5) is 0 Å². The number of benzene rings is 1. The van der Waals surface area contributed by atoms with E-state index < -0.39 is 10.0 Å². The number of aliphatic imine (C=N–C) groups is 1. The van der Waals surface area contributed by atoms with Gasteiger partial charge in [-0.3, -0.25) is 9.89 Å². The summed E-state index contributed by atoms with van der Waals surface area (Å²) in [6, 6.07) is 6.86. The fourth-order valence-electron chi connectivity index (χ4n) is 3.17. The number of sulfonamides is 1. The van der Waals surface area contributed by atoms with Crippen LogP contribution in [0, 0.1) is 0 Å². The number of morpholine rings is 1. The van der Waals surface area contributed by atoms with Gasteiger partial charge in [0.25, 0.3) is 0 Å². The first-order valence-electron chi connectivity index (χ1n) is 10.1. The number of ether oxygens (including phenoxy) is 2. The van der Waals surface area contributed by atoms with Crippen LogP contribution in [-0.2, 0) is 26.0 Å². The molecule has 1 fully saturated rings. The number of rotatable bonds is 10. The summed E-state index contributed by atoms with van der Waals surface area (Å²) in [5.74, 6) is 0.669. The number of guanidine groups is 1. The average Bonchev–Trinajstić information content (AvgIpc) is 2.75. The van der Waals surface area contributed by atoms with Crippen molar-refractivity contribution >= 4 is 40.0 Å². The molecule has 0 bridgehead atoms. The molecule has 178 valence electrons. The van der Waals surface area contributed by atoms with Crippen LogP contribution in [0.15, 0.2) is 34.2 Å². The van der Waals surface area contributed by atoms with Gasteiger partial charge >= 0.3 is 0 Å². The maximum atomic E-state index is 12.4. The van der Waals surface area contributed by atoms with Crippen LogP contribution in [0.3, 0.4) is 0 Å². The lowest BCUT2D eigenvalue weighted by atomic mass is 10.0. The molecule has 1 aromatic rings. The van der Waals surface area contributed by atoms with Gasteiger partial charge in [0.05, 0.1) is 24.7 Å². The summed E-state index contributed by atoms with van der Waals surface area (Å²) >= 11 is 0. The van der Waals surface area contributed by atoms with Crippen molar-refractivity contribution in [1.82, 2.24) is 20.3 Å². The molecule has 1 saturated heterocycles. The molecule has 3 N–H and O–H groups in total. The SMILES string of the molecule is CN=C(NCc1cccc(S(=O)(=O)NCCOC)c1)NCC(C)(C)N1CCOCC1.I. The Morgan fingerprint density at radius 2 is 1.97 bits per heavy atom. The third-order valence-corrected chi connectivity index (χ3v) is 6.50. The van der Waals surface area contributed by atoms with Crippen molar-refractivity contribution in [1.29, 1.82) is 0 Å². The summed E-state index contributed by atoms with van der Waals surface area (Å²) in [7, 11) is -0.309. The van der Waals surface area contributed by atoms with E-state index >= 15 is 0 Å². The Morgan fingerprint density at radius 3 is 2.61 bits per heavy atom. The molecular formula is C20H36IN5O4S. The van der Waals surface area contributed by atoms with Crippen molar-refractivity contribution in [2.75, 3.05) is 60.2 Å². The lowest BCUT2D eigenvalue weighted by molar-refractivity contribution is -0.00834. The van der Waals surface area contributed by atoms with E-state index in [0.29, 0.717) is 19.1 Å². The van der Waals surface area contributed by atoms with Crippen LogP contribution < -0.4 is 15.4 Å². The Kier molecular flexibility index (Phi) is 12.2. The van der Waals surface area contributed by atoms with Crippen molar-refractivity contribution in [3.05, 3.63) is 29.8 Å². The molecule has 0 spiro atoms. The number of methoxy groups -OCH3 is 1. The van der Waals surface area contributed by atoms with Crippen molar-refractivity contribution in [3.8, 4) is 0 Å². The van der Waals surface area contributed by atoms with Crippen LogP contribution in [0.2, 0.25) is 0 Å². The maximum absolute atomic E-state index is 12.4. The zero-order valence-electron chi connectivity index (χ0n) is 18.8. The van der Waals surface area contributed by atoms with Gasteiger partial charge in [-0.15, -0.1) is 24.0 Å². The monoisotopic (exact) mass is 569 g/mol. The second-order valence-corrected chi connectivity index (χ2v) is 9.50. The van der Waals surface area contributed by atoms with E-state index in [2.05, 4.69) is 39.1 Å². The molecule has 0 atom stereocenters. The Bertz CT molecular complexity index is 799. The fraction of sp³-hybridized carbons (Fsp3) is 0.650. The third kappa shape index (κ3) is 9.18. The molecule has 0 amide bonds. The normalized spacial score (nSPS) is 15.9. The van der Waals surface area contributed by atoms with Crippen LogP contribution in [0.25, 0.3) is 0 Å². The van der Waals surface area contributed by atoms with Gasteiger partial charge < -0.3 is 20.1 Å². The predicted molar refractivity (Wildman–Crippen MR) is 134 cm³/mol. The van der Waals surface area contributed by atoms with E-state index in [-0.39, 0.29) is 41.0 Å². The van der Waals surface area contributed by atoms with Crippen LogP contribution in [0.5, 0.6) is 0 Å². The minimum atomic E-state index is -3.56. The molecule has 1 aliphatic heterocycles. The van der Waals surface area contributed by atoms with Crippen LogP contribution >= 0.6 is 24.0 Å². The zero-order valence-corrected chi connectivity index (χ0v) is 22.0. The van der Waals surface area contributed by atoms with Crippen molar-refractivity contribution in [2.24, 2.45) is 4.99 Å². The van der Waals surface area contributed by atoms with Crippen molar-refractivity contribution in [2.45, 2.75) is 30.8 Å². The van der Waals surface area contributed by atoms with Gasteiger partial charge in [-0.2, -0.15) is 0 Å². The quantitative estimate of drug-likeness (QED) is 0.167. The zero-order chi connectivity index (χ0) is 22.0. The molecule has 9 nitrogen and oxygen atoms in total. The summed E-state index contributed by atoms with van der Waals surface area (Å²) in [6.07, 6.45) is 0. The molecule has 0 unspecified atom stereocenters. The van der Waals surface area contributed by atoms with E-state index in [1.807, 2.05) is 6.07 Å². The largest absolute Gasteiger partial charge is 0.383 e. The van der Waals surface area contributed by atoms with Gasteiger partial charge in [-0.1, -0.05) is 12.1 Å². The summed E-state index contributed by atoms with van der Waals surface area (Å²) in [5, 5.41) is 6.62. The molecule has 0 radical (unpaired) electrons. The number of nitrogens with one attached hydrogen (secondary N) is 3. The third-order valence-electron chi connectivity index (χ3n) is 5.05. The Balaban J connectivity index is 0.00000480. The number of halogens is 1. The second-order valence-electron chi connectivity index (χ2n) is 7.73. The lowest BCUT2D eigenvalue weighted by Crippen LogP contribution is -2.56. The number of nitrogens with zero attached hydrogens (tertiary/aromatic N) is 2. The number of hydrogen-bond acceptors (Lipinski definition) is 6. The standard InChI is InChI=1S/C20H35N5O4S.HI/c1-20(2,25-9-12-29-13-10-25)16-23-19(21-3)22-15-17-6-5-7-18(14-17)30(26,27)24-8-11-28-4;/h5-7,14,24H,8-13,15-16H2,1-4H3,(H2,21,22,23);1H. The average molecular weight is 570 g/mol. The first-order chi connectivity index (χ1) is 14.3. The fourth-order valence-corrected chi connectivity index (χ4v) is 4.25. The van der Waals surface area contributed by atoms with Gasteiger partial charge in [0.1, 0.15) is 0 Å². The van der Waals surface area contributed by atoms with E-state index in [4.69, 9.17) is 9.47 Å². The maximum Gasteiger partial charge on any atom is 0.240 e. The van der Waals surface area contributed by atoms with E-state index in [9.17, 15) is 8.42 Å². The second kappa shape index (κ2) is 13.5. The molecule has 2 rings (SSSR count). The molecule has 11 heteroatoms. The Morgan fingerprint density at radius 1 is 1.26 bits per heavy atom. The summed E-state index contributed by atoms with van der Waals surface area (Å²) in [6.45, 7) is 9.49. The summed E-state index contributed by atoms with van der Waals surface area (Å²) in [5.41, 5.74) is 0.809. The van der Waals surface area contributed by atoms with Gasteiger partial charge in [0.15, 0.2) is 5.96 Å². The molecule has 1 aromatic carbocycles. The van der Waals surface area contributed by atoms with Crippen LogP contribution in [-0.4, -0.2) is 85.0 Å². The van der Waals surface area contributed by atoms with Crippen molar-refractivity contribution < 1.29 is 17.9 Å². The molecule has 1 aliphatic rings. The minimum Gasteiger partial charge on any atom is -0.383 e. The van der Waals surface area contributed by atoms with E-state index in [0.717, 1.165) is 38.4 Å². The molecule has 1 heterocycles. The molecule has 31 heavy (non-hydrogen) atoms. The van der Waals surface area contributed by atoms with E-state index in [1.54, 1.807) is 25.2 Å². The predicted octanol–water partition coefficient (Wildman–Crippen LogP) is 1.01. The molecule has 0 aromatic heterocycles. The van der Waals surface area contributed by atoms with E-state index in [1.165, 1.54) is 7.11 Å². The van der Waals surface area contributed by atoms with Gasteiger partial charge in [0, 0.05) is 52.4 Å². The molecule has 0 aliphatic carbocycles. The smallest absolute Gasteiger partial charge is 0.240 e. The summed E-state index contributed by atoms with van der Waals surface area (Å²) in [4.78, 5) is 6.91. The lowest BCUT2D eigenvalue weighted by Gasteiger charge is -2.41. The Hall–Kier alpha value is -0.990. The number of hydrogen-bond donors (Lipinski definition) is 3. The summed E-state index contributed by atoms with van der Waals surface area (Å²) < 4.78 is 37.6.